The van der Waals surface area contributed by atoms with Gasteiger partial charge in [-0.05, 0) is 36.4 Å². The standard InChI is InChI=1S/C21H16N7O4S2/c1-32-28(29)14-5-4-6-15(12-14)34(30,31)27-21-20(23-16-7-2-3-8-17(16)24-21)22-13-9-10-18-19(11-13)26-33-25-18/h2-12H,1H3,(H,22,23)(H,24,27)/q+1. The highest BCUT2D eigenvalue weighted by Gasteiger charge is 2.23. The third-order valence-corrected chi connectivity index (χ3v) is 6.72. The average molecular weight is 495 g/mol. The topological polar surface area (TPSA) is 139 Å². The predicted molar refractivity (Wildman–Crippen MR) is 128 cm³/mol. The van der Waals surface area contributed by atoms with E-state index in [9.17, 15) is 13.3 Å². The first kappa shape index (κ1) is 21.6. The molecule has 3 aromatic carbocycles. The first-order chi connectivity index (χ1) is 16.4. The van der Waals surface area contributed by atoms with Crippen LogP contribution in [-0.2, 0) is 14.9 Å². The van der Waals surface area contributed by atoms with Crippen LogP contribution in [0.3, 0.4) is 0 Å². The zero-order valence-corrected chi connectivity index (χ0v) is 19.2. The number of aromatic nitrogens is 4. The first-order valence-electron chi connectivity index (χ1n) is 9.83. The number of fused-ring (bicyclic) bond motifs is 2. The van der Waals surface area contributed by atoms with Crippen LogP contribution in [0.4, 0.5) is 23.0 Å². The van der Waals surface area contributed by atoms with Crippen LogP contribution in [0, 0.1) is 4.91 Å². The van der Waals surface area contributed by atoms with Crippen molar-refractivity contribution in [3.8, 4) is 0 Å². The average Bonchev–Trinajstić information content (AvgIpc) is 3.32. The van der Waals surface area contributed by atoms with Crippen molar-refractivity contribution in [2.75, 3.05) is 17.1 Å². The molecule has 2 N–H and O–H groups in total. The zero-order chi connectivity index (χ0) is 23.7. The van der Waals surface area contributed by atoms with Gasteiger partial charge in [-0.3, -0.25) is 4.72 Å². The summed E-state index contributed by atoms with van der Waals surface area (Å²) >= 11 is 1.10. The molecule has 2 aromatic heterocycles. The zero-order valence-electron chi connectivity index (χ0n) is 17.5. The van der Waals surface area contributed by atoms with Crippen molar-refractivity contribution in [1.82, 2.24) is 18.7 Å². The van der Waals surface area contributed by atoms with Gasteiger partial charge in [0.15, 0.2) is 18.7 Å². The number of nitrogens with one attached hydrogen (secondary N) is 2. The smallest absolute Gasteiger partial charge is 0.318 e. The highest BCUT2D eigenvalue weighted by atomic mass is 32.2. The Bertz CT molecular complexity index is 1650. The van der Waals surface area contributed by atoms with Crippen molar-refractivity contribution in [3.63, 3.8) is 0 Å². The van der Waals surface area contributed by atoms with E-state index in [0.717, 1.165) is 17.2 Å². The Morgan fingerprint density at radius 1 is 0.853 bits per heavy atom. The van der Waals surface area contributed by atoms with Crippen molar-refractivity contribution in [3.05, 3.63) is 71.6 Å². The Hall–Kier alpha value is -4.23. The summed E-state index contributed by atoms with van der Waals surface area (Å²) in [6.07, 6.45) is 0. The summed E-state index contributed by atoms with van der Waals surface area (Å²) < 4.78 is 37.2. The lowest BCUT2D eigenvalue weighted by molar-refractivity contribution is -0.736. The van der Waals surface area contributed by atoms with Crippen LogP contribution in [0.5, 0.6) is 0 Å². The van der Waals surface area contributed by atoms with Gasteiger partial charge in [0.1, 0.15) is 11.0 Å². The predicted octanol–water partition coefficient (Wildman–Crippen LogP) is 4.15. The summed E-state index contributed by atoms with van der Waals surface area (Å²) in [6.45, 7) is 0. The Labute approximate surface area is 197 Å². The molecule has 5 rings (SSSR count). The molecular weight excluding hydrogens is 478 g/mol. The van der Waals surface area contributed by atoms with Crippen LogP contribution in [-0.4, -0.2) is 39.2 Å². The molecule has 5 aromatic rings. The maximum absolute atomic E-state index is 13.2. The van der Waals surface area contributed by atoms with Gasteiger partial charge in [0.25, 0.3) is 14.9 Å². The summed E-state index contributed by atoms with van der Waals surface area (Å²) in [4.78, 5) is 25.5. The van der Waals surface area contributed by atoms with Crippen molar-refractivity contribution in [2.24, 2.45) is 0 Å². The molecule has 0 radical (unpaired) electrons. The second-order valence-electron chi connectivity index (χ2n) is 7.04. The normalized spacial score (nSPS) is 11.4. The molecule has 0 amide bonds. The van der Waals surface area contributed by atoms with E-state index in [4.69, 9.17) is 0 Å². The number of hydrogen-bond acceptors (Lipinski definition) is 10. The van der Waals surface area contributed by atoms with Crippen LogP contribution in [0.15, 0.2) is 71.6 Å². The second-order valence-corrected chi connectivity index (χ2v) is 9.26. The van der Waals surface area contributed by atoms with Gasteiger partial charge in [-0.15, -0.1) is 0 Å². The molecule has 170 valence electrons. The van der Waals surface area contributed by atoms with Crippen LogP contribution in [0.2, 0.25) is 0 Å². The maximum Gasteiger partial charge on any atom is 0.318 e. The summed E-state index contributed by atoms with van der Waals surface area (Å²) in [5.41, 5.74) is 3.19. The van der Waals surface area contributed by atoms with Crippen LogP contribution >= 0.6 is 11.7 Å². The molecule has 0 aliphatic heterocycles. The van der Waals surface area contributed by atoms with Crippen molar-refractivity contribution in [2.45, 2.75) is 4.90 Å². The van der Waals surface area contributed by atoms with Gasteiger partial charge in [-0.2, -0.15) is 8.75 Å². The lowest BCUT2D eigenvalue weighted by Gasteiger charge is -2.14. The molecule has 34 heavy (non-hydrogen) atoms. The van der Waals surface area contributed by atoms with Gasteiger partial charge in [0.2, 0.25) is 0 Å². The number of hydrogen-bond donors (Lipinski definition) is 2. The molecule has 0 atom stereocenters. The van der Waals surface area contributed by atoms with E-state index in [2.05, 4.69) is 33.6 Å². The SMILES string of the molecule is CO[N+](=O)c1cccc(S(=O)(=O)Nc2nc3ccccc3nc2Nc2ccc3nsnc3c2)c1. The molecule has 13 heteroatoms. The summed E-state index contributed by atoms with van der Waals surface area (Å²) in [7, 11) is -2.93. The van der Waals surface area contributed by atoms with Crippen LogP contribution in [0.1, 0.15) is 0 Å². The van der Waals surface area contributed by atoms with Gasteiger partial charge in [0, 0.05) is 17.8 Å². The molecule has 0 saturated carbocycles. The fourth-order valence-corrected chi connectivity index (χ4v) is 4.78. The molecule has 0 spiro atoms. The Balaban J connectivity index is 1.56. The fourth-order valence-electron chi connectivity index (χ4n) is 3.21. The molecule has 0 bridgehead atoms. The molecule has 0 saturated heterocycles. The van der Waals surface area contributed by atoms with Gasteiger partial charge in [-0.1, -0.05) is 18.2 Å². The van der Waals surface area contributed by atoms with Crippen molar-refractivity contribution < 1.29 is 18.2 Å². The quantitative estimate of drug-likeness (QED) is 0.319. The van der Waals surface area contributed by atoms with Crippen LogP contribution in [0.25, 0.3) is 22.1 Å². The number of nitrogens with zero attached hydrogens (tertiary/aromatic N) is 5. The fraction of sp³-hybridized carbons (Fsp3) is 0.0476. The largest absolute Gasteiger partial charge is 0.337 e. The Kier molecular flexibility index (Phi) is 5.47. The lowest BCUT2D eigenvalue weighted by Crippen LogP contribution is -2.16. The first-order valence-corrected chi connectivity index (χ1v) is 12.0. The summed E-state index contributed by atoms with van der Waals surface area (Å²) in [5, 5.41) is 3.12. The number of benzene rings is 3. The monoisotopic (exact) mass is 494 g/mol. The van der Waals surface area contributed by atoms with E-state index in [1.54, 1.807) is 36.4 Å². The molecule has 2 heterocycles. The second kappa shape index (κ2) is 8.61. The molecule has 0 aliphatic carbocycles. The molecule has 0 aliphatic rings. The van der Waals surface area contributed by atoms with E-state index in [0.29, 0.717) is 22.2 Å². The van der Waals surface area contributed by atoms with Gasteiger partial charge in [0.05, 0.1) is 32.6 Å². The summed E-state index contributed by atoms with van der Waals surface area (Å²) in [6, 6.07) is 17.9. The summed E-state index contributed by atoms with van der Waals surface area (Å²) in [5.74, 6) is 0.189. The maximum atomic E-state index is 13.2. The third-order valence-electron chi connectivity index (χ3n) is 4.82. The molecule has 0 unspecified atom stereocenters. The van der Waals surface area contributed by atoms with E-state index < -0.39 is 10.0 Å². The highest BCUT2D eigenvalue weighted by Crippen LogP contribution is 2.29. The van der Waals surface area contributed by atoms with Gasteiger partial charge >= 0.3 is 5.69 Å². The third kappa shape index (κ3) is 4.21. The molecule has 11 nitrogen and oxygen atoms in total. The highest BCUT2D eigenvalue weighted by molar-refractivity contribution is 7.92. The minimum absolute atomic E-state index is 0.00803. The minimum Gasteiger partial charge on any atom is -0.337 e. The number of para-hydroxylation sites is 2. The van der Waals surface area contributed by atoms with Gasteiger partial charge in [-0.25, -0.2) is 23.2 Å². The lowest BCUT2D eigenvalue weighted by atomic mass is 10.2. The van der Waals surface area contributed by atoms with E-state index in [1.165, 1.54) is 31.4 Å². The molecule has 0 fully saturated rings. The van der Waals surface area contributed by atoms with Crippen LogP contribution < -0.4 is 10.0 Å². The molecular formula is C21H16N7O4S2+. The van der Waals surface area contributed by atoms with Gasteiger partial charge < -0.3 is 5.32 Å². The van der Waals surface area contributed by atoms with E-state index in [1.807, 2.05) is 6.07 Å². The number of rotatable bonds is 7. The van der Waals surface area contributed by atoms with E-state index in [-0.39, 0.29) is 27.1 Å². The number of anilines is 3. The Morgan fingerprint density at radius 3 is 2.35 bits per heavy atom. The van der Waals surface area contributed by atoms with Crippen molar-refractivity contribution >= 4 is 66.8 Å². The van der Waals surface area contributed by atoms with Crippen molar-refractivity contribution in [1.29, 1.82) is 0 Å². The Morgan fingerprint density at radius 2 is 1.59 bits per heavy atom. The number of sulfonamides is 1. The van der Waals surface area contributed by atoms with E-state index >= 15 is 0 Å². The minimum atomic E-state index is -4.12.